The Hall–Kier alpha value is -0.810. The van der Waals surface area contributed by atoms with Crippen LogP contribution in [0.3, 0.4) is 0 Å². The summed E-state index contributed by atoms with van der Waals surface area (Å²) in [5, 5.41) is 6.78. The Labute approximate surface area is 199 Å². The van der Waals surface area contributed by atoms with Crippen molar-refractivity contribution in [1.82, 2.24) is 10.6 Å². The van der Waals surface area contributed by atoms with Crippen LogP contribution in [0.1, 0.15) is 33.1 Å². The largest absolute Gasteiger partial charge is 0.381 e. The minimum Gasteiger partial charge on any atom is -0.381 e. The van der Waals surface area contributed by atoms with Gasteiger partial charge in [0.2, 0.25) is 0 Å². The number of halogens is 3. The van der Waals surface area contributed by atoms with Crippen LogP contribution in [0.25, 0.3) is 0 Å². The highest BCUT2D eigenvalue weighted by Gasteiger charge is 2.33. The molecule has 30 heavy (non-hydrogen) atoms. The fraction of sp³-hybridized carbons (Fsp3) is 0.667. The number of hydrogen-bond donors (Lipinski definition) is 2. The van der Waals surface area contributed by atoms with Gasteiger partial charge in [-0.3, -0.25) is 4.99 Å². The molecule has 0 amide bonds. The number of nitrogens with zero attached hydrogens (tertiary/aromatic N) is 2. The van der Waals surface area contributed by atoms with Crippen molar-refractivity contribution in [3.05, 3.63) is 29.8 Å². The molecule has 9 heteroatoms. The molecular weight excluding hydrogens is 521 g/mol. The molecule has 0 aliphatic carbocycles. The van der Waals surface area contributed by atoms with Crippen molar-refractivity contribution in [3.8, 4) is 0 Å². The topological polar surface area (TPSA) is 48.9 Å². The Morgan fingerprint density at radius 1 is 1.27 bits per heavy atom. The molecule has 1 aromatic carbocycles. The average Bonchev–Trinajstić information content (AvgIpc) is 3.15. The van der Waals surface area contributed by atoms with Gasteiger partial charge in [0, 0.05) is 43.6 Å². The molecule has 170 valence electrons. The zero-order chi connectivity index (χ0) is 20.7. The molecule has 0 saturated carbocycles. The monoisotopic (exact) mass is 554 g/mol. The van der Waals surface area contributed by atoms with Crippen molar-refractivity contribution >= 4 is 47.4 Å². The normalized spacial score (nSPS) is 21.3. The number of guanidine groups is 1. The van der Waals surface area contributed by atoms with Crippen LogP contribution >= 0.6 is 35.7 Å². The first-order valence-corrected chi connectivity index (χ1v) is 11.5. The van der Waals surface area contributed by atoms with Crippen molar-refractivity contribution in [3.63, 3.8) is 0 Å². The molecule has 2 saturated heterocycles. The predicted molar refractivity (Wildman–Crippen MR) is 132 cm³/mol. The summed E-state index contributed by atoms with van der Waals surface area (Å²) in [5.41, 5.74) is 0.0687. The maximum absolute atomic E-state index is 14.1. The highest BCUT2D eigenvalue weighted by molar-refractivity contribution is 14.0. The lowest BCUT2D eigenvalue weighted by atomic mass is 9.99. The van der Waals surface area contributed by atoms with Gasteiger partial charge in [-0.2, -0.15) is 11.8 Å². The van der Waals surface area contributed by atoms with E-state index in [1.807, 2.05) is 18.7 Å². The fourth-order valence-corrected chi connectivity index (χ4v) is 5.23. The second-order valence-electron chi connectivity index (χ2n) is 7.57. The van der Waals surface area contributed by atoms with Crippen molar-refractivity contribution in [2.45, 2.75) is 43.9 Å². The Kier molecular flexibility index (Phi) is 10.4. The molecule has 1 atom stereocenters. The van der Waals surface area contributed by atoms with E-state index in [0.717, 1.165) is 57.3 Å². The van der Waals surface area contributed by atoms with Crippen LogP contribution in [0.15, 0.2) is 23.2 Å². The molecule has 2 aliphatic rings. The molecule has 5 nitrogen and oxygen atoms in total. The van der Waals surface area contributed by atoms with Gasteiger partial charge in [0.15, 0.2) is 5.96 Å². The van der Waals surface area contributed by atoms with E-state index in [9.17, 15) is 8.78 Å². The summed E-state index contributed by atoms with van der Waals surface area (Å²) < 4.78 is 33.9. The smallest absolute Gasteiger partial charge is 0.191 e. The van der Waals surface area contributed by atoms with Gasteiger partial charge in [0.05, 0.1) is 6.54 Å². The first kappa shape index (κ1) is 25.5. The van der Waals surface area contributed by atoms with Crippen LogP contribution in [0, 0.1) is 11.6 Å². The Bertz CT molecular complexity index is 678. The molecule has 0 radical (unpaired) electrons. The van der Waals surface area contributed by atoms with Gasteiger partial charge in [0.1, 0.15) is 17.3 Å². The fourth-order valence-electron chi connectivity index (χ4n) is 4.01. The minimum atomic E-state index is -0.510. The molecule has 3 rings (SSSR count). The second-order valence-corrected chi connectivity index (χ2v) is 9.30. The average molecular weight is 554 g/mol. The van der Waals surface area contributed by atoms with Gasteiger partial charge < -0.3 is 20.3 Å². The number of aliphatic imine (C=N–C) groups is 1. The summed E-state index contributed by atoms with van der Waals surface area (Å²) in [6.45, 7) is 8.47. The van der Waals surface area contributed by atoms with Crippen molar-refractivity contribution in [2.75, 3.05) is 50.0 Å². The molecule has 0 bridgehead atoms. The summed E-state index contributed by atoms with van der Waals surface area (Å²) in [4.78, 5) is 6.65. The number of benzene rings is 1. The molecule has 0 aromatic heterocycles. The number of rotatable bonds is 7. The number of thioether (sulfide) groups is 1. The molecule has 2 fully saturated rings. The van der Waals surface area contributed by atoms with Crippen LogP contribution in [-0.4, -0.2) is 61.9 Å². The molecular formula is C21H33F2IN4OS. The van der Waals surface area contributed by atoms with Gasteiger partial charge in [-0.15, -0.1) is 24.0 Å². The second kappa shape index (κ2) is 12.3. The van der Waals surface area contributed by atoms with Crippen molar-refractivity contribution in [1.29, 1.82) is 0 Å². The van der Waals surface area contributed by atoms with Gasteiger partial charge in [0.25, 0.3) is 0 Å². The van der Waals surface area contributed by atoms with E-state index in [-0.39, 0.29) is 40.5 Å². The molecule has 1 aromatic rings. The number of nitrogens with one attached hydrogen (secondary N) is 2. The van der Waals surface area contributed by atoms with Gasteiger partial charge >= 0.3 is 0 Å². The minimum absolute atomic E-state index is 0. The Morgan fingerprint density at radius 2 is 1.97 bits per heavy atom. The van der Waals surface area contributed by atoms with E-state index in [2.05, 4.69) is 17.6 Å². The summed E-state index contributed by atoms with van der Waals surface area (Å²) in [6.07, 6.45) is 2.83. The standard InChI is InChI=1S/C21H32F2N4OS.HI/c1-3-24-20(25-15-21(29-4-2)9-12-28-13-10-21)26-16-8-11-27(14-16)19-17(22)6-5-7-18(19)23;/h5-7,16H,3-4,8-15H2,1-2H3,(H2,24,25,26);1H. The Balaban J connectivity index is 0.00000320. The molecule has 2 N–H and O–H groups in total. The lowest BCUT2D eigenvalue weighted by Gasteiger charge is -2.35. The third-order valence-electron chi connectivity index (χ3n) is 5.51. The van der Waals surface area contributed by atoms with Gasteiger partial charge in [-0.05, 0) is 44.1 Å². The molecule has 2 heterocycles. The van der Waals surface area contributed by atoms with E-state index in [1.54, 1.807) is 4.90 Å². The zero-order valence-corrected chi connectivity index (χ0v) is 20.9. The van der Waals surface area contributed by atoms with Gasteiger partial charge in [-0.1, -0.05) is 13.0 Å². The number of ether oxygens (including phenoxy) is 1. The molecule has 2 aliphatic heterocycles. The maximum atomic E-state index is 14.1. The van der Waals surface area contributed by atoms with Crippen LogP contribution in [0.2, 0.25) is 0 Å². The van der Waals surface area contributed by atoms with E-state index in [0.29, 0.717) is 13.1 Å². The van der Waals surface area contributed by atoms with Crippen LogP contribution < -0.4 is 15.5 Å². The van der Waals surface area contributed by atoms with E-state index in [1.165, 1.54) is 18.2 Å². The van der Waals surface area contributed by atoms with Crippen LogP contribution in [0.5, 0.6) is 0 Å². The van der Waals surface area contributed by atoms with Crippen LogP contribution in [-0.2, 0) is 4.74 Å². The quantitative estimate of drug-likeness (QED) is 0.303. The summed E-state index contributed by atoms with van der Waals surface area (Å²) in [6, 6.07) is 4.11. The summed E-state index contributed by atoms with van der Waals surface area (Å²) >= 11 is 1.97. The van der Waals surface area contributed by atoms with Crippen molar-refractivity contribution in [2.24, 2.45) is 4.99 Å². The third kappa shape index (κ3) is 6.59. The van der Waals surface area contributed by atoms with Crippen LogP contribution in [0.4, 0.5) is 14.5 Å². The number of anilines is 1. The summed E-state index contributed by atoms with van der Waals surface area (Å²) in [7, 11) is 0. The highest BCUT2D eigenvalue weighted by Crippen LogP contribution is 2.35. The third-order valence-corrected chi connectivity index (χ3v) is 6.95. The summed E-state index contributed by atoms with van der Waals surface area (Å²) in [5.74, 6) is 0.815. The zero-order valence-electron chi connectivity index (χ0n) is 17.8. The first-order chi connectivity index (χ1) is 14.1. The Morgan fingerprint density at radius 3 is 2.60 bits per heavy atom. The maximum Gasteiger partial charge on any atom is 0.191 e. The van der Waals surface area contributed by atoms with Crippen molar-refractivity contribution < 1.29 is 13.5 Å². The van der Waals surface area contributed by atoms with Gasteiger partial charge in [-0.25, -0.2) is 8.78 Å². The van der Waals surface area contributed by atoms with E-state index >= 15 is 0 Å². The lowest BCUT2D eigenvalue weighted by molar-refractivity contribution is 0.0793. The predicted octanol–water partition coefficient (Wildman–Crippen LogP) is 4.02. The highest BCUT2D eigenvalue weighted by atomic mass is 127. The van der Waals surface area contributed by atoms with E-state index < -0.39 is 11.6 Å². The SMILES string of the molecule is CCNC(=NCC1(SCC)CCOCC1)NC1CCN(c2c(F)cccc2F)C1.I. The number of hydrogen-bond acceptors (Lipinski definition) is 4. The first-order valence-electron chi connectivity index (χ1n) is 10.5. The number of para-hydroxylation sites is 1. The molecule has 1 unspecified atom stereocenters. The van der Waals surface area contributed by atoms with E-state index in [4.69, 9.17) is 9.73 Å². The molecule has 0 spiro atoms. The lowest BCUT2D eigenvalue weighted by Crippen LogP contribution is -2.46.